The number of aromatic nitrogens is 1. The maximum Gasteiger partial charge on any atom is 0.225 e. The summed E-state index contributed by atoms with van der Waals surface area (Å²) in [6.45, 7) is 3.87. The van der Waals surface area contributed by atoms with Crippen LogP contribution in [0.5, 0.6) is 5.75 Å². The summed E-state index contributed by atoms with van der Waals surface area (Å²) in [5.41, 5.74) is 4.66. The summed E-state index contributed by atoms with van der Waals surface area (Å²) in [5.74, 6) is 0.540. The van der Waals surface area contributed by atoms with Crippen LogP contribution in [0.25, 0.3) is 21.0 Å². The third-order valence-corrected chi connectivity index (χ3v) is 9.26. The van der Waals surface area contributed by atoms with Crippen molar-refractivity contribution < 1.29 is 13.2 Å². The molecule has 3 aromatic rings. The fourth-order valence-electron chi connectivity index (χ4n) is 5.26. The van der Waals surface area contributed by atoms with Gasteiger partial charge in [-0.25, -0.2) is 18.1 Å². The first kappa shape index (κ1) is 25.9. The molecule has 37 heavy (non-hydrogen) atoms. The number of nitrogens with one attached hydrogen (secondary N) is 2. The van der Waals surface area contributed by atoms with Crippen molar-refractivity contribution >= 4 is 21.4 Å². The van der Waals surface area contributed by atoms with E-state index in [9.17, 15) is 13.7 Å². The Bertz CT molecular complexity index is 1420. The lowest BCUT2D eigenvalue weighted by Gasteiger charge is -2.17. The number of hydrogen-bond acceptors (Lipinski definition) is 7. The zero-order valence-electron chi connectivity index (χ0n) is 21.2. The molecule has 1 aromatic heterocycles. The van der Waals surface area contributed by atoms with E-state index in [0.717, 1.165) is 52.3 Å². The summed E-state index contributed by atoms with van der Waals surface area (Å²) in [5, 5.41) is 13.6. The average molecular weight is 537 g/mol. The molecule has 194 valence electrons. The van der Waals surface area contributed by atoms with Crippen LogP contribution >= 0.6 is 11.3 Å². The number of nitriles is 1. The van der Waals surface area contributed by atoms with E-state index >= 15 is 0 Å². The van der Waals surface area contributed by atoms with Crippen LogP contribution in [0.3, 0.4) is 0 Å². The Hall–Kier alpha value is -2.77. The molecular weight excluding hydrogens is 504 g/mol. The second-order valence-corrected chi connectivity index (χ2v) is 12.8. The number of ether oxygens (including phenoxy) is 1. The molecule has 1 saturated carbocycles. The molecule has 2 aromatic carbocycles. The standard InChI is InChI=1S/C28H32N4O3S2/c1-18(2)35-26-13-10-19(14-20(26)15-29)28-30-16-27(36-28)24-9-5-8-23-22(24)11-12-25(23)32-37(33,34)17-31-21-6-3-4-7-21/h5,8-10,13-14,16,18,21,25,31-32H,3-4,6-7,11-12,17H2,1-2H3/t25-/m0/s1. The maximum absolute atomic E-state index is 12.8. The molecule has 9 heteroatoms. The third-order valence-electron chi connectivity index (χ3n) is 6.99. The first-order valence-electron chi connectivity index (χ1n) is 12.9. The Labute approximate surface area is 223 Å². The zero-order chi connectivity index (χ0) is 26.0. The molecule has 0 aliphatic heterocycles. The van der Waals surface area contributed by atoms with Crippen LogP contribution < -0.4 is 14.8 Å². The molecule has 2 N–H and O–H groups in total. The van der Waals surface area contributed by atoms with Gasteiger partial charge in [0.2, 0.25) is 10.0 Å². The molecule has 1 atom stereocenters. The van der Waals surface area contributed by atoms with Gasteiger partial charge >= 0.3 is 0 Å². The molecule has 0 unspecified atom stereocenters. The Kier molecular flexibility index (Phi) is 7.63. The fraction of sp³-hybridized carbons (Fsp3) is 0.429. The summed E-state index contributed by atoms with van der Waals surface area (Å²) in [6.07, 6.45) is 7.84. The van der Waals surface area contributed by atoms with E-state index < -0.39 is 10.0 Å². The van der Waals surface area contributed by atoms with Crippen molar-refractivity contribution in [2.24, 2.45) is 0 Å². The summed E-state index contributed by atoms with van der Waals surface area (Å²) in [4.78, 5) is 5.67. The highest BCUT2D eigenvalue weighted by Crippen LogP contribution is 2.41. The SMILES string of the molecule is CC(C)Oc1ccc(-c2ncc(-c3cccc4c3CC[C@@H]4NS(=O)(=O)CNC3CCCC3)s2)cc1C#N. The molecular formula is C28H32N4O3S2. The van der Waals surface area contributed by atoms with Gasteiger partial charge in [0.25, 0.3) is 0 Å². The van der Waals surface area contributed by atoms with Gasteiger partial charge in [-0.1, -0.05) is 31.0 Å². The lowest BCUT2D eigenvalue weighted by atomic mass is 10.0. The monoisotopic (exact) mass is 536 g/mol. The Morgan fingerprint density at radius 1 is 1.19 bits per heavy atom. The van der Waals surface area contributed by atoms with E-state index in [1.807, 2.05) is 50.4 Å². The molecule has 0 spiro atoms. The molecule has 0 bridgehead atoms. The minimum absolute atomic E-state index is 0.0125. The van der Waals surface area contributed by atoms with Gasteiger partial charge in [0.05, 0.1) is 16.5 Å². The van der Waals surface area contributed by atoms with E-state index in [4.69, 9.17) is 4.74 Å². The van der Waals surface area contributed by atoms with Crippen LogP contribution in [-0.2, 0) is 16.4 Å². The predicted octanol–water partition coefficient (Wildman–Crippen LogP) is 5.53. The molecule has 0 radical (unpaired) electrons. The Morgan fingerprint density at radius 3 is 2.76 bits per heavy atom. The van der Waals surface area contributed by atoms with Crippen molar-refractivity contribution in [1.29, 1.82) is 5.26 Å². The molecule has 1 heterocycles. The quantitative estimate of drug-likeness (QED) is 0.373. The Balaban J connectivity index is 1.34. The van der Waals surface area contributed by atoms with Crippen molar-refractivity contribution in [3.63, 3.8) is 0 Å². The van der Waals surface area contributed by atoms with Gasteiger partial charge in [0, 0.05) is 23.8 Å². The van der Waals surface area contributed by atoms with Crippen molar-refractivity contribution in [2.75, 3.05) is 5.88 Å². The molecule has 0 amide bonds. The molecule has 2 aliphatic carbocycles. The van der Waals surface area contributed by atoms with Crippen molar-refractivity contribution in [3.8, 4) is 32.8 Å². The topological polar surface area (TPSA) is 104 Å². The summed E-state index contributed by atoms with van der Waals surface area (Å²) in [7, 11) is -3.43. The van der Waals surface area contributed by atoms with Gasteiger partial charge < -0.3 is 4.74 Å². The second-order valence-electron chi connectivity index (χ2n) is 10.0. The summed E-state index contributed by atoms with van der Waals surface area (Å²) in [6, 6.07) is 14.0. The normalized spacial score (nSPS) is 17.7. The van der Waals surface area contributed by atoms with Crippen LogP contribution in [0.15, 0.2) is 42.6 Å². The maximum atomic E-state index is 12.8. The van der Waals surface area contributed by atoms with Gasteiger partial charge in [0.15, 0.2) is 0 Å². The summed E-state index contributed by atoms with van der Waals surface area (Å²) >= 11 is 1.57. The zero-order valence-corrected chi connectivity index (χ0v) is 22.8. The van der Waals surface area contributed by atoms with E-state index in [2.05, 4.69) is 27.2 Å². The fourth-order valence-corrected chi connectivity index (χ4v) is 7.44. The van der Waals surface area contributed by atoms with Gasteiger partial charge in [-0.3, -0.25) is 5.32 Å². The third kappa shape index (κ3) is 5.88. The lowest BCUT2D eigenvalue weighted by Crippen LogP contribution is -2.39. The highest BCUT2D eigenvalue weighted by Gasteiger charge is 2.29. The molecule has 1 fully saturated rings. The number of fused-ring (bicyclic) bond motifs is 1. The highest BCUT2D eigenvalue weighted by atomic mass is 32.2. The molecule has 2 aliphatic rings. The van der Waals surface area contributed by atoms with E-state index in [0.29, 0.717) is 17.4 Å². The van der Waals surface area contributed by atoms with Crippen molar-refractivity contribution in [1.82, 2.24) is 15.0 Å². The molecule has 5 rings (SSSR count). The first-order chi connectivity index (χ1) is 17.8. The van der Waals surface area contributed by atoms with Crippen LogP contribution in [-0.4, -0.2) is 31.4 Å². The van der Waals surface area contributed by atoms with E-state index in [-0.39, 0.29) is 18.0 Å². The number of benzene rings is 2. The van der Waals surface area contributed by atoms with E-state index in [1.54, 1.807) is 11.3 Å². The van der Waals surface area contributed by atoms with Gasteiger partial charge in [-0.05, 0) is 74.4 Å². The smallest absolute Gasteiger partial charge is 0.225 e. The average Bonchev–Trinajstić information content (AvgIpc) is 3.64. The second kappa shape index (κ2) is 10.9. The van der Waals surface area contributed by atoms with Crippen LogP contribution in [0.4, 0.5) is 0 Å². The number of hydrogen-bond donors (Lipinski definition) is 2. The van der Waals surface area contributed by atoms with Crippen molar-refractivity contribution in [2.45, 2.75) is 70.6 Å². The van der Waals surface area contributed by atoms with Crippen LogP contribution in [0.2, 0.25) is 0 Å². The number of rotatable bonds is 9. The van der Waals surface area contributed by atoms with Gasteiger partial charge in [-0.15, -0.1) is 11.3 Å². The van der Waals surface area contributed by atoms with Gasteiger partial charge in [-0.2, -0.15) is 5.26 Å². The van der Waals surface area contributed by atoms with Crippen LogP contribution in [0.1, 0.15) is 68.7 Å². The first-order valence-corrected chi connectivity index (χ1v) is 15.3. The summed E-state index contributed by atoms with van der Waals surface area (Å²) < 4.78 is 34.3. The largest absolute Gasteiger partial charge is 0.490 e. The Morgan fingerprint density at radius 2 is 2.00 bits per heavy atom. The number of sulfonamides is 1. The van der Waals surface area contributed by atoms with Crippen molar-refractivity contribution in [3.05, 3.63) is 59.3 Å². The van der Waals surface area contributed by atoms with E-state index in [1.165, 1.54) is 18.4 Å². The predicted molar refractivity (Wildman–Crippen MR) is 147 cm³/mol. The number of nitrogens with zero attached hydrogens (tertiary/aromatic N) is 2. The minimum atomic E-state index is -3.43. The minimum Gasteiger partial charge on any atom is -0.490 e. The number of thiazole rings is 1. The molecule has 7 nitrogen and oxygen atoms in total. The lowest BCUT2D eigenvalue weighted by molar-refractivity contribution is 0.242. The van der Waals surface area contributed by atoms with Gasteiger partial charge in [0.1, 0.15) is 22.7 Å². The molecule has 0 saturated heterocycles. The van der Waals surface area contributed by atoms with Crippen LogP contribution in [0, 0.1) is 11.3 Å². The highest BCUT2D eigenvalue weighted by molar-refractivity contribution is 7.89.